The molecule has 1 aromatic carbocycles. The number of aryl methyl sites for hydroxylation is 2. The molecule has 0 fully saturated rings. The van der Waals surface area contributed by atoms with Crippen molar-refractivity contribution in [3.63, 3.8) is 0 Å². The summed E-state index contributed by atoms with van der Waals surface area (Å²) in [6.45, 7) is 9.78. The number of rotatable bonds is 4. The highest BCUT2D eigenvalue weighted by Crippen LogP contribution is 2.18. The third-order valence-electron chi connectivity index (χ3n) is 2.72. The second-order valence-corrected chi connectivity index (χ2v) is 3.82. The van der Waals surface area contributed by atoms with Crippen LogP contribution in [0.3, 0.4) is 0 Å². The van der Waals surface area contributed by atoms with Crippen molar-refractivity contribution in [2.75, 3.05) is 6.54 Å². The Bertz CT molecular complexity index is 291. The van der Waals surface area contributed by atoms with Crippen molar-refractivity contribution in [2.24, 2.45) is 0 Å². The predicted octanol–water partition coefficient (Wildman–Crippen LogP) is 3.23. The van der Waals surface area contributed by atoms with Crippen LogP contribution in [-0.2, 0) is 6.42 Å². The van der Waals surface area contributed by atoms with Crippen LogP contribution in [0.2, 0.25) is 0 Å². The van der Waals surface area contributed by atoms with Crippen LogP contribution < -0.4 is 5.32 Å². The van der Waals surface area contributed by atoms with Crippen molar-refractivity contribution in [3.8, 4) is 0 Å². The molecule has 1 heteroatoms. The molecule has 0 amide bonds. The maximum atomic E-state index is 3.44. The van der Waals surface area contributed by atoms with Gasteiger partial charge in [0, 0.05) is 6.04 Å². The second-order valence-electron chi connectivity index (χ2n) is 3.82. The third-order valence-corrected chi connectivity index (χ3v) is 2.72. The van der Waals surface area contributed by atoms with Gasteiger partial charge in [0.25, 0.3) is 0 Å². The van der Waals surface area contributed by atoms with Crippen LogP contribution in [0, 0.1) is 6.92 Å². The van der Waals surface area contributed by atoms with E-state index in [9.17, 15) is 0 Å². The molecule has 1 N–H and O–H groups in total. The molecule has 0 saturated heterocycles. The molecule has 0 aliphatic carbocycles. The van der Waals surface area contributed by atoms with Crippen LogP contribution >= 0.6 is 0 Å². The van der Waals surface area contributed by atoms with Crippen LogP contribution in [0.4, 0.5) is 0 Å². The van der Waals surface area contributed by atoms with Crippen LogP contribution in [0.1, 0.15) is 43.5 Å². The maximum absolute atomic E-state index is 3.44. The minimum absolute atomic E-state index is 0.464. The molecule has 0 saturated carbocycles. The molecule has 0 radical (unpaired) electrons. The van der Waals surface area contributed by atoms with Gasteiger partial charge in [-0.3, -0.25) is 0 Å². The number of hydrogen-bond acceptors (Lipinski definition) is 1. The molecule has 0 aromatic heterocycles. The van der Waals surface area contributed by atoms with Crippen molar-refractivity contribution in [1.29, 1.82) is 0 Å². The summed E-state index contributed by atoms with van der Waals surface area (Å²) in [5, 5.41) is 3.44. The molecule has 1 unspecified atom stereocenters. The Balaban J connectivity index is 2.88. The highest BCUT2D eigenvalue weighted by molar-refractivity contribution is 5.33. The molecule has 0 spiro atoms. The lowest BCUT2D eigenvalue weighted by Crippen LogP contribution is -2.18. The molecule has 1 rings (SSSR count). The summed E-state index contributed by atoms with van der Waals surface area (Å²) in [5.74, 6) is 0. The standard InChI is InChI=1S/C13H21N/c1-5-12-7-8-13(10(3)9-12)11(4)14-6-2/h7-9,11,14H,5-6H2,1-4H3. The van der Waals surface area contributed by atoms with Gasteiger partial charge in [0.2, 0.25) is 0 Å². The van der Waals surface area contributed by atoms with Crippen molar-refractivity contribution in [1.82, 2.24) is 5.32 Å². The van der Waals surface area contributed by atoms with E-state index in [1.807, 2.05) is 0 Å². The van der Waals surface area contributed by atoms with E-state index >= 15 is 0 Å². The zero-order valence-electron chi connectivity index (χ0n) is 9.72. The van der Waals surface area contributed by atoms with Gasteiger partial charge in [-0.15, -0.1) is 0 Å². The Labute approximate surface area is 87.5 Å². The fourth-order valence-electron chi connectivity index (χ4n) is 1.86. The highest BCUT2D eigenvalue weighted by atomic mass is 14.9. The number of hydrogen-bond donors (Lipinski definition) is 1. The van der Waals surface area contributed by atoms with Gasteiger partial charge < -0.3 is 5.32 Å². The van der Waals surface area contributed by atoms with Gasteiger partial charge in [0.05, 0.1) is 0 Å². The summed E-state index contributed by atoms with van der Waals surface area (Å²) >= 11 is 0. The maximum Gasteiger partial charge on any atom is 0.0294 e. The third kappa shape index (κ3) is 2.58. The van der Waals surface area contributed by atoms with E-state index in [2.05, 4.69) is 51.2 Å². The fourth-order valence-corrected chi connectivity index (χ4v) is 1.86. The first-order valence-corrected chi connectivity index (χ1v) is 5.51. The second kappa shape index (κ2) is 5.16. The Kier molecular flexibility index (Phi) is 4.15. The van der Waals surface area contributed by atoms with Gasteiger partial charge in [-0.1, -0.05) is 32.0 Å². The minimum Gasteiger partial charge on any atom is -0.310 e. The Hall–Kier alpha value is -0.820. The summed E-state index contributed by atoms with van der Waals surface area (Å²) in [7, 11) is 0. The van der Waals surface area contributed by atoms with Gasteiger partial charge >= 0.3 is 0 Å². The topological polar surface area (TPSA) is 12.0 Å². The molecule has 78 valence electrons. The quantitative estimate of drug-likeness (QED) is 0.770. The predicted molar refractivity (Wildman–Crippen MR) is 62.6 cm³/mol. The average molecular weight is 191 g/mol. The van der Waals surface area contributed by atoms with E-state index in [1.165, 1.54) is 16.7 Å². The zero-order chi connectivity index (χ0) is 10.6. The summed E-state index contributed by atoms with van der Waals surface area (Å²) in [4.78, 5) is 0. The largest absolute Gasteiger partial charge is 0.310 e. The summed E-state index contributed by atoms with van der Waals surface area (Å²) in [5.41, 5.74) is 4.25. The van der Waals surface area contributed by atoms with Crippen molar-refractivity contribution in [3.05, 3.63) is 34.9 Å². The Morgan fingerprint density at radius 3 is 2.50 bits per heavy atom. The first-order valence-electron chi connectivity index (χ1n) is 5.51. The first kappa shape index (κ1) is 11.3. The van der Waals surface area contributed by atoms with Crippen LogP contribution in [-0.4, -0.2) is 6.54 Å². The molecular formula is C13H21N. The molecule has 0 bridgehead atoms. The minimum atomic E-state index is 0.464. The molecule has 1 atom stereocenters. The normalized spacial score (nSPS) is 12.9. The van der Waals surface area contributed by atoms with E-state index in [0.717, 1.165) is 13.0 Å². The Morgan fingerprint density at radius 2 is 2.00 bits per heavy atom. The Morgan fingerprint density at radius 1 is 1.29 bits per heavy atom. The molecule has 0 aliphatic rings. The van der Waals surface area contributed by atoms with Gasteiger partial charge in [0.15, 0.2) is 0 Å². The van der Waals surface area contributed by atoms with Crippen LogP contribution in [0.25, 0.3) is 0 Å². The smallest absolute Gasteiger partial charge is 0.0294 e. The van der Waals surface area contributed by atoms with E-state index < -0.39 is 0 Å². The van der Waals surface area contributed by atoms with Crippen LogP contribution in [0.5, 0.6) is 0 Å². The fraction of sp³-hybridized carbons (Fsp3) is 0.538. The van der Waals surface area contributed by atoms with Crippen molar-refractivity contribution >= 4 is 0 Å². The first-order chi connectivity index (χ1) is 6.69. The molecular weight excluding hydrogens is 170 g/mol. The average Bonchev–Trinajstić information content (AvgIpc) is 2.17. The molecule has 14 heavy (non-hydrogen) atoms. The van der Waals surface area contributed by atoms with E-state index in [-0.39, 0.29) is 0 Å². The lowest BCUT2D eigenvalue weighted by molar-refractivity contribution is 0.595. The summed E-state index contributed by atoms with van der Waals surface area (Å²) < 4.78 is 0. The van der Waals surface area contributed by atoms with Crippen molar-refractivity contribution in [2.45, 2.75) is 40.2 Å². The number of benzene rings is 1. The zero-order valence-corrected chi connectivity index (χ0v) is 9.72. The molecule has 0 aliphatic heterocycles. The van der Waals surface area contributed by atoms with E-state index in [1.54, 1.807) is 0 Å². The van der Waals surface area contributed by atoms with E-state index in [0.29, 0.717) is 6.04 Å². The van der Waals surface area contributed by atoms with Gasteiger partial charge in [0.1, 0.15) is 0 Å². The van der Waals surface area contributed by atoms with Crippen molar-refractivity contribution < 1.29 is 0 Å². The number of nitrogens with one attached hydrogen (secondary N) is 1. The van der Waals surface area contributed by atoms with Gasteiger partial charge in [-0.25, -0.2) is 0 Å². The highest BCUT2D eigenvalue weighted by Gasteiger charge is 2.06. The van der Waals surface area contributed by atoms with E-state index in [4.69, 9.17) is 0 Å². The van der Waals surface area contributed by atoms with Gasteiger partial charge in [-0.2, -0.15) is 0 Å². The lowest BCUT2D eigenvalue weighted by Gasteiger charge is -2.16. The monoisotopic (exact) mass is 191 g/mol. The summed E-state index contributed by atoms with van der Waals surface area (Å²) in [6, 6.07) is 7.24. The molecule has 1 nitrogen and oxygen atoms in total. The molecule has 0 heterocycles. The SMILES string of the molecule is CCNC(C)c1ccc(CC)cc1C. The van der Waals surface area contributed by atoms with Crippen LogP contribution in [0.15, 0.2) is 18.2 Å². The molecule has 1 aromatic rings. The van der Waals surface area contributed by atoms with Gasteiger partial charge in [-0.05, 0) is 43.5 Å². The lowest BCUT2D eigenvalue weighted by atomic mass is 9.99. The summed E-state index contributed by atoms with van der Waals surface area (Å²) in [6.07, 6.45) is 1.12.